The maximum Gasteiger partial charge on any atom is 0.160 e. The molecule has 0 aliphatic carbocycles. The Balaban J connectivity index is 3.30. The van der Waals surface area contributed by atoms with E-state index in [-0.39, 0.29) is 22.8 Å². The van der Waals surface area contributed by atoms with Crippen molar-refractivity contribution in [1.29, 1.82) is 0 Å². The first kappa shape index (κ1) is 9.51. The van der Waals surface area contributed by atoms with Gasteiger partial charge in [-0.2, -0.15) is 0 Å². The van der Waals surface area contributed by atoms with Gasteiger partial charge >= 0.3 is 0 Å². The third-order valence-electron chi connectivity index (χ3n) is 1.72. The van der Waals surface area contributed by atoms with Crippen molar-refractivity contribution in [2.45, 2.75) is 6.92 Å². The van der Waals surface area contributed by atoms with Crippen molar-refractivity contribution in [3.8, 4) is 5.75 Å². The molecule has 13 heavy (non-hydrogen) atoms. The molecule has 0 spiro atoms. The fourth-order valence-electron chi connectivity index (χ4n) is 0.965. The van der Waals surface area contributed by atoms with E-state index in [0.717, 1.165) is 6.07 Å². The van der Waals surface area contributed by atoms with E-state index in [1.807, 2.05) is 0 Å². The first-order valence-corrected chi connectivity index (χ1v) is 3.70. The monoisotopic (exact) mass is 183 g/mol. The molecular weight excluding hydrogens is 173 g/mol. The number of nitrogen functional groups attached to an aromatic ring is 1. The van der Waals surface area contributed by atoms with Gasteiger partial charge in [-0.1, -0.05) is 0 Å². The summed E-state index contributed by atoms with van der Waals surface area (Å²) in [5, 5.41) is 0. The van der Waals surface area contributed by atoms with Gasteiger partial charge in [-0.3, -0.25) is 4.79 Å². The maximum absolute atomic E-state index is 13.0. The Kier molecular flexibility index (Phi) is 2.51. The van der Waals surface area contributed by atoms with Gasteiger partial charge in [0.1, 0.15) is 11.4 Å². The highest BCUT2D eigenvalue weighted by atomic mass is 19.1. The molecule has 70 valence electrons. The Hall–Kier alpha value is -1.58. The minimum atomic E-state index is -0.635. The average molecular weight is 183 g/mol. The molecule has 3 nitrogen and oxygen atoms in total. The molecular formula is C9H10FNO2. The van der Waals surface area contributed by atoms with Crippen LogP contribution in [0.15, 0.2) is 12.1 Å². The molecule has 2 N–H and O–H groups in total. The molecule has 0 bridgehead atoms. The summed E-state index contributed by atoms with van der Waals surface area (Å²) in [6.07, 6.45) is 0. The fourth-order valence-corrected chi connectivity index (χ4v) is 0.965. The van der Waals surface area contributed by atoms with Gasteiger partial charge in [0, 0.05) is 5.56 Å². The van der Waals surface area contributed by atoms with Gasteiger partial charge in [-0.25, -0.2) is 4.39 Å². The molecule has 0 aliphatic heterocycles. The SMILES string of the molecule is COc1cc(C(C)=O)cc(F)c1N. The number of anilines is 1. The van der Waals surface area contributed by atoms with E-state index in [0.29, 0.717) is 0 Å². The highest BCUT2D eigenvalue weighted by Crippen LogP contribution is 2.25. The third-order valence-corrected chi connectivity index (χ3v) is 1.72. The zero-order valence-electron chi connectivity index (χ0n) is 7.43. The van der Waals surface area contributed by atoms with Crippen LogP contribution in [0.5, 0.6) is 5.75 Å². The number of Topliss-reactive ketones (excluding diaryl/α,β-unsaturated/α-hetero) is 1. The van der Waals surface area contributed by atoms with Crippen LogP contribution in [-0.4, -0.2) is 12.9 Å². The van der Waals surface area contributed by atoms with Crippen LogP contribution >= 0.6 is 0 Å². The lowest BCUT2D eigenvalue weighted by Crippen LogP contribution is -2.00. The second kappa shape index (κ2) is 3.43. The van der Waals surface area contributed by atoms with Crippen LogP contribution in [0.3, 0.4) is 0 Å². The molecule has 0 saturated carbocycles. The molecule has 1 aromatic carbocycles. The summed E-state index contributed by atoms with van der Waals surface area (Å²) in [5.41, 5.74) is 5.53. The van der Waals surface area contributed by atoms with Crippen LogP contribution in [0.4, 0.5) is 10.1 Å². The van der Waals surface area contributed by atoms with Crippen molar-refractivity contribution in [2.24, 2.45) is 0 Å². The van der Waals surface area contributed by atoms with Crippen LogP contribution in [0.2, 0.25) is 0 Å². The van der Waals surface area contributed by atoms with Crippen molar-refractivity contribution in [3.63, 3.8) is 0 Å². The second-order valence-electron chi connectivity index (χ2n) is 2.63. The largest absolute Gasteiger partial charge is 0.494 e. The van der Waals surface area contributed by atoms with Crippen LogP contribution in [0, 0.1) is 5.82 Å². The minimum Gasteiger partial charge on any atom is -0.494 e. The lowest BCUT2D eigenvalue weighted by molar-refractivity contribution is 0.101. The molecule has 0 radical (unpaired) electrons. The Bertz CT molecular complexity index is 350. The third kappa shape index (κ3) is 1.77. The number of carbonyl (C=O) groups excluding carboxylic acids is 1. The van der Waals surface area contributed by atoms with E-state index in [4.69, 9.17) is 10.5 Å². The van der Waals surface area contributed by atoms with Crippen LogP contribution < -0.4 is 10.5 Å². The summed E-state index contributed by atoms with van der Waals surface area (Å²) >= 11 is 0. The Morgan fingerprint density at radius 1 is 1.54 bits per heavy atom. The maximum atomic E-state index is 13.0. The van der Waals surface area contributed by atoms with Gasteiger partial charge in [-0.15, -0.1) is 0 Å². The standard InChI is InChI=1S/C9H10FNO2/c1-5(12)6-3-7(10)9(11)8(4-6)13-2/h3-4H,11H2,1-2H3. The number of benzene rings is 1. The molecule has 0 unspecified atom stereocenters. The summed E-state index contributed by atoms with van der Waals surface area (Å²) in [6.45, 7) is 1.35. The number of ketones is 1. The molecule has 0 atom stereocenters. The quantitative estimate of drug-likeness (QED) is 0.560. The van der Waals surface area contributed by atoms with Crippen molar-refractivity contribution < 1.29 is 13.9 Å². The topological polar surface area (TPSA) is 52.3 Å². The minimum absolute atomic E-state index is 0.0764. The second-order valence-corrected chi connectivity index (χ2v) is 2.63. The average Bonchev–Trinajstić information content (AvgIpc) is 2.09. The molecule has 1 rings (SSSR count). The van der Waals surface area contributed by atoms with E-state index in [1.54, 1.807) is 0 Å². The fraction of sp³-hybridized carbons (Fsp3) is 0.222. The van der Waals surface area contributed by atoms with Crippen molar-refractivity contribution in [1.82, 2.24) is 0 Å². The lowest BCUT2D eigenvalue weighted by Gasteiger charge is -2.06. The highest BCUT2D eigenvalue weighted by molar-refractivity contribution is 5.95. The zero-order chi connectivity index (χ0) is 10.0. The molecule has 0 aromatic heterocycles. The van der Waals surface area contributed by atoms with E-state index in [1.165, 1.54) is 20.1 Å². The number of rotatable bonds is 2. The summed E-state index contributed by atoms with van der Waals surface area (Å²) in [7, 11) is 1.37. The zero-order valence-corrected chi connectivity index (χ0v) is 7.43. The summed E-state index contributed by atoms with van der Waals surface area (Å²) in [5.74, 6) is -0.674. The van der Waals surface area contributed by atoms with Crippen molar-refractivity contribution in [2.75, 3.05) is 12.8 Å². The molecule has 0 amide bonds. The first-order chi connectivity index (χ1) is 6.06. The predicted molar refractivity (Wildman–Crippen MR) is 47.4 cm³/mol. The summed E-state index contributed by atoms with van der Waals surface area (Å²) in [4.78, 5) is 10.9. The lowest BCUT2D eigenvalue weighted by atomic mass is 10.1. The van der Waals surface area contributed by atoms with E-state index in [2.05, 4.69) is 0 Å². The molecule has 0 fully saturated rings. The number of nitrogens with two attached hydrogens (primary N) is 1. The van der Waals surface area contributed by atoms with E-state index >= 15 is 0 Å². The van der Waals surface area contributed by atoms with Gasteiger partial charge in [-0.05, 0) is 19.1 Å². The van der Waals surface area contributed by atoms with Gasteiger partial charge in [0.25, 0.3) is 0 Å². The summed E-state index contributed by atoms with van der Waals surface area (Å²) in [6, 6.07) is 2.51. The van der Waals surface area contributed by atoms with Gasteiger partial charge in [0.15, 0.2) is 11.6 Å². The van der Waals surface area contributed by atoms with Gasteiger partial charge in [0.05, 0.1) is 7.11 Å². The number of methoxy groups -OCH3 is 1. The molecule has 4 heteroatoms. The predicted octanol–water partition coefficient (Wildman–Crippen LogP) is 1.62. The Morgan fingerprint density at radius 3 is 2.62 bits per heavy atom. The van der Waals surface area contributed by atoms with Gasteiger partial charge in [0.2, 0.25) is 0 Å². The number of hydrogen-bond donors (Lipinski definition) is 1. The molecule has 0 saturated heterocycles. The van der Waals surface area contributed by atoms with E-state index in [9.17, 15) is 9.18 Å². The normalized spacial score (nSPS) is 9.77. The van der Waals surface area contributed by atoms with E-state index < -0.39 is 5.82 Å². The molecule has 1 aromatic rings. The highest BCUT2D eigenvalue weighted by Gasteiger charge is 2.10. The van der Waals surface area contributed by atoms with Gasteiger partial charge < -0.3 is 10.5 Å². The van der Waals surface area contributed by atoms with Crippen molar-refractivity contribution in [3.05, 3.63) is 23.5 Å². The number of hydrogen-bond acceptors (Lipinski definition) is 3. The van der Waals surface area contributed by atoms with Crippen molar-refractivity contribution >= 4 is 11.5 Å². The number of carbonyl (C=O) groups is 1. The van der Waals surface area contributed by atoms with Crippen LogP contribution in [0.1, 0.15) is 17.3 Å². The Morgan fingerprint density at radius 2 is 2.15 bits per heavy atom. The number of halogens is 1. The van der Waals surface area contributed by atoms with Crippen LogP contribution in [-0.2, 0) is 0 Å². The number of ether oxygens (including phenoxy) is 1. The smallest absolute Gasteiger partial charge is 0.160 e. The first-order valence-electron chi connectivity index (χ1n) is 3.70. The molecule has 0 aliphatic rings. The molecule has 0 heterocycles. The summed E-state index contributed by atoms with van der Waals surface area (Å²) < 4.78 is 17.8. The van der Waals surface area contributed by atoms with Crippen LogP contribution in [0.25, 0.3) is 0 Å². The Labute approximate surface area is 75.3 Å².